The van der Waals surface area contributed by atoms with Crippen molar-refractivity contribution in [2.75, 3.05) is 18.0 Å². The van der Waals surface area contributed by atoms with Crippen LogP contribution in [0.2, 0.25) is 0 Å². The number of nitriles is 1. The van der Waals surface area contributed by atoms with Gasteiger partial charge in [0, 0.05) is 25.5 Å². The van der Waals surface area contributed by atoms with Crippen LogP contribution in [0.3, 0.4) is 0 Å². The van der Waals surface area contributed by atoms with E-state index in [9.17, 15) is 0 Å². The van der Waals surface area contributed by atoms with Gasteiger partial charge in [0.05, 0.1) is 11.7 Å². The molecule has 0 aromatic carbocycles. The Bertz CT molecular complexity index is 452. The predicted molar refractivity (Wildman–Crippen MR) is 63.6 cm³/mol. The first-order valence-corrected chi connectivity index (χ1v) is 5.66. The zero-order valence-corrected chi connectivity index (χ0v) is 10.3. The van der Waals surface area contributed by atoms with Crippen LogP contribution in [-0.4, -0.2) is 34.8 Å². The highest BCUT2D eigenvalue weighted by atomic mass is 16.5. The molecule has 0 radical (unpaired) electrons. The molecule has 0 N–H and O–H groups in total. The second kappa shape index (κ2) is 4.30. The fourth-order valence-corrected chi connectivity index (χ4v) is 2.26. The third kappa shape index (κ3) is 2.53. The minimum atomic E-state index is -0.234. The third-order valence-electron chi connectivity index (χ3n) is 2.65. The number of aromatic nitrogens is 2. The first-order valence-electron chi connectivity index (χ1n) is 5.66. The maximum Gasteiger partial charge on any atom is 0.183 e. The third-order valence-corrected chi connectivity index (χ3v) is 2.65. The highest BCUT2D eigenvalue weighted by Gasteiger charge is 2.32. The van der Waals surface area contributed by atoms with Gasteiger partial charge >= 0.3 is 0 Å². The summed E-state index contributed by atoms with van der Waals surface area (Å²) >= 11 is 0. The fourth-order valence-electron chi connectivity index (χ4n) is 2.26. The first-order chi connectivity index (χ1) is 8.02. The van der Waals surface area contributed by atoms with Gasteiger partial charge in [-0.15, -0.1) is 0 Å². The summed E-state index contributed by atoms with van der Waals surface area (Å²) in [4.78, 5) is 10.4. The largest absolute Gasteiger partial charge is 0.369 e. The van der Waals surface area contributed by atoms with Crippen molar-refractivity contribution in [3.8, 4) is 6.07 Å². The van der Waals surface area contributed by atoms with Crippen LogP contribution in [-0.2, 0) is 4.74 Å². The smallest absolute Gasteiger partial charge is 0.183 e. The summed E-state index contributed by atoms with van der Waals surface area (Å²) < 4.78 is 5.83. The minimum Gasteiger partial charge on any atom is -0.369 e. The van der Waals surface area contributed by atoms with Crippen molar-refractivity contribution in [2.45, 2.75) is 32.5 Å². The summed E-state index contributed by atoms with van der Waals surface area (Å²) in [6.45, 7) is 7.55. The molecule has 1 aliphatic rings. The monoisotopic (exact) mass is 232 g/mol. The number of nitrogens with zero attached hydrogens (tertiary/aromatic N) is 4. The molecule has 0 bridgehead atoms. The Balaban J connectivity index is 2.31. The molecule has 5 nitrogen and oxygen atoms in total. The molecular weight excluding hydrogens is 216 g/mol. The number of rotatable bonds is 1. The average molecular weight is 232 g/mol. The Morgan fingerprint density at radius 2 is 2.18 bits per heavy atom. The van der Waals surface area contributed by atoms with Gasteiger partial charge in [-0.1, -0.05) is 0 Å². The Morgan fingerprint density at radius 3 is 2.82 bits per heavy atom. The molecule has 1 atom stereocenters. The lowest BCUT2D eigenvalue weighted by Crippen LogP contribution is -2.52. The van der Waals surface area contributed by atoms with E-state index >= 15 is 0 Å². The van der Waals surface area contributed by atoms with Crippen LogP contribution in [0.1, 0.15) is 26.5 Å². The van der Waals surface area contributed by atoms with Crippen LogP contribution in [0.5, 0.6) is 0 Å². The van der Waals surface area contributed by atoms with E-state index in [0.29, 0.717) is 18.1 Å². The Morgan fingerprint density at radius 1 is 1.47 bits per heavy atom. The van der Waals surface area contributed by atoms with Gasteiger partial charge < -0.3 is 9.64 Å². The molecule has 0 amide bonds. The van der Waals surface area contributed by atoms with Crippen molar-refractivity contribution in [2.24, 2.45) is 0 Å². The van der Waals surface area contributed by atoms with Gasteiger partial charge in [0.2, 0.25) is 0 Å². The molecule has 2 heterocycles. The van der Waals surface area contributed by atoms with Crippen molar-refractivity contribution < 1.29 is 4.74 Å². The van der Waals surface area contributed by atoms with Crippen molar-refractivity contribution in [3.05, 3.63) is 18.1 Å². The van der Waals surface area contributed by atoms with Crippen molar-refractivity contribution in [3.63, 3.8) is 0 Å². The number of morpholine rings is 1. The second-order valence-corrected chi connectivity index (χ2v) is 4.91. The topological polar surface area (TPSA) is 62.0 Å². The van der Waals surface area contributed by atoms with Gasteiger partial charge in [0.1, 0.15) is 6.07 Å². The van der Waals surface area contributed by atoms with Gasteiger partial charge in [-0.3, -0.25) is 0 Å². The molecule has 17 heavy (non-hydrogen) atoms. The molecule has 1 fully saturated rings. The molecule has 1 unspecified atom stereocenters. The maximum absolute atomic E-state index is 9.03. The highest BCUT2D eigenvalue weighted by Crippen LogP contribution is 2.25. The summed E-state index contributed by atoms with van der Waals surface area (Å²) in [6, 6.07) is 2.08. The number of ether oxygens (including phenoxy) is 1. The van der Waals surface area contributed by atoms with Crippen molar-refractivity contribution in [1.29, 1.82) is 5.26 Å². The van der Waals surface area contributed by atoms with Gasteiger partial charge in [0.15, 0.2) is 11.5 Å². The van der Waals surface area contributed by atoms with Crippen molar-refractivity contribution >= 4 is 5.82 Å². The SMILES string of the molecule is CC1CN(c2nccnc2C#N)CC(C)(C)O1. The van der Waals surface area contributed by atoms with Gasteiger partial charge in [-0.2, -0.15) is 5.26 Å². The summed E-state index contributed by atoms with van der Waals surface area (Å²) in [5.74, 6) is 0.651. The summed E-state index contributed by atoms with van der Waals surface area (Å²) in [6.07, 6.45) is 3.27. The Kier molecular flexibility index (Phi) is 2.99. The van der Waals surface area contributed by atoms with E-state index in [-0.39, 0.29) is 11.7 Å². The average Bonchev–Trinajstić information content (AvgIpc) is 2.26. The van der Waals surface area contributed by atoms with Gasteiger partial charge in [0.25, 0.3) is 0 Å². The molecule has 1 saturated heterocycles. The fraction of sp³-hybridized carbons (Fsp3) is 0.583. The molecule has 90 valence electrons. The molecular formula is C12H16N4O. The van der Waals surface area contributed by atoms with Crippen LogP contribution < -0.4 is 4.90 Å². The Hall–Kier alpha value is -1.67. The van der Waals surface area contributed by atoms with E-state index in [1.807, 2.05) is 20.8 Å². The van der Waals surface area contributed by atoms with Crippen molar-refractivity contribution in [1.82, 2.24) is 9.97 Å². The van der Waals surface area contributed by atoms with E-state index < -0.39 is 0 Å². The van der Waals surface area contributed by atoms with Crippen LogP contribution >= 0.6 is 0 Å². The molecule has 5 heteroatoms. The molecule has 0 saturated carbocycles. The van der Waals surface area contributed by atoms with Crippen LogP contribution in [0.15, 0.2) is 12.4 Å². The van der Waals surface area contributed by atoms with E-state index in [1.165, 1.54) is 6.20 Å². The van der Waals surface area contributed by atoms with Crippen LogP contribution in [0.4, 0.5) is 5.82 Å². The van der Waals surface area contributed by atoms with E-state index in [4.69, 9.17) is 10.00 Å². The van der Waals surface area contributed by atoms with Gasteiger partial charge in [-0.05, 0) is 20.8 Å². The standard InChI is InChI=1S/C12H16N4O/c1-9-7-16(8-12(2,3)17-9)11-10(6-13)14-4-5-15-11/h4-5,9H,7-8H2,1-3H3. The molecule has 0 spiro atoms. The number of hydrogen-bond donors (Lipinski definition) is 0. The number of anilines is 1. The van der Waals surface area contributed by atoms with Crippen LogP contribution in [0.25, 0.3) is 0 Å². The minimum absolute atomic E-state index is 0.118. The molecule has 1 aromatic heterocycles. The zero-order chi connectivity index (χ0) is 12.5. The first kappa shape index (κ1) is 11.8. The summed E-state index contributed by atoms with van der Waals surface area (Å²) in [7, 11) is 0. The predicted octanol–water partition coefficient (Wildman–Crippen LogP) is 1.35. The summed E-state index contributed by atoms with van der Waals surface area (Å²) in [5.41, 5.74) is 0.138. The molecule has 2 rings (SSSR count). The number of hydrogen-bond acceptors (Lipinski definition) is 5. The quantitative estimate of drug-likeness (QED) is 0.731. The summed E-state index contributed by atoms with van der Waals surface area (Å²) in [5, 5.41) is 9.03. The molecule has 1 aliphatic heterocycles. The molecule has 0 aliphatic carbocycles. The Labute approximate surface area is 101 Å². The lowest BCUT2D eigenvalue weighted by Gasteiger charge is -2.42. The van der Waals surface area contributed by atoms with E-state index in [0.717, 1.165) is 6.54 Å². The zero-order valence-electron chi connectivity index (χ0n) is 10.3. The highest BCUT2D eigenvalue weighted by molar-refractivity contribution is 5.50. The van der Waals surface area contributed by atoms with Gasteiger partial charge in [-0.25, -0.2) is 9.97 Å². The second-order valence-electron chi connectivity index (χ2n) is 4.91. The lowest BCUT2D eigenvalue weighted by molar-refractivity contribution is -0.0751. The lowest BCUT2D eigenvalue weighted by atomic mass is 10.1. The van der Waals surface area contributed by atoms with Crippen LogP contribution in [0, 0.1) is 11.3 Å². The van der Waals surface area contributed by atoms with E-state index in [1.54, 1.807) is 6.20 Å². The van der Waals surface area contributed by atoms with E-state index in [2.05, 4.69) is 20.9 Å². The molecule has 1 aromatic rings. The normalized spacial score (nSPS) is 23.2. The maximum atomic E-state index is 9.03.